The van der Waals surface area contributed by atoms with Crippen molar-refractivity contribution in [3.8, 4) is 16.9 Å². The van der Waals surface area contributed by atoms with E-state index >= 15 is 0 Å². The lowest BCUT2D eigenvalue weighted by atomic mass is 9.97. The minimum atomic E-state index is 0.560. The molecule has 0 aliphatic heterocycles. The molecule has 0 heterocycles. The maximum atomic E-state index is 5.83. The molecule has 0 spiro atoms. The lowest BCUT2D eigenvalue weighted by Gasteiger charge is -2.14. The van der Waals surface area contributed by atoms with E-state index in [1.165, 1.54) is 16.7 Å². The fourth-order valence-corrected chi connectivity index (χ4v) is 2.39. The zero-order valence-corrected chi connectivity index (χ0v) is 13.0. The molecule has 0 radical (unpaired) electrons. The van der Waals surface area contributed by atoms with Gasteiger partial charge in [-0.1, -0.05) is 36.4 Å². The summed E-state index contributed by atoms with van der Waals surface area (Å²) in [5.74, 6) is 0.902. The SMILES string of the molecule is CNCc1ccc(-c2ccccc2OCCOC)c(C)c1. The maximum Gasteiger partial charge on any atom is 0.127 e. The van der Waals surface area contributed by atoms with Gasteiger partial charge >= 0.3 is 0 Å². The molecule has 3 nitrogen and oxygen atoms in total. The Labute approximate surface area is 126 Å². The molecular formula is C18H23NO2. The smallest absolute Gasteiger partial charge is 0.127 e. The first-order valence-electron chi connectivity index (χ1n) is 7.21. The normalized spacial score (nSPS) is 10.6. The van der Waals surface area contributed by atoms with Gasteiger partial charge in [-0.3, -0.25) is 0 Å². The summed E-state index contributed by atoms with van der Waals surface area (Å²) in [7, 11) is 3.64. The Morgan fingerprint density at radius 1 is 1.00 bits per heavy atom. The summed E-state index contributed by atoms with van der Waals surface area (Å²) in [5.41, 5.74) is 4.88. The first-order chi connectivity index (χ1) is 10.3. The Kier molecular flexibility index (Phi) is 5.78. The predicted molar refractivity (Wildman–Crippen MR) is 86.7 cm³/mol. The third-order valence-electron chi connectivity index (χ3n) is 3.39. The lowest BCUT2D eigenvalue weighted by molar-refractivity contribution is 0.146. The summed E-state index contributed by atoms with van der Waals surface area (Å²) in [6.07, 6.45) is 0. The van der Waals surface area contributed by atoms with Crippen LogP contribution >= 0.6 is 0 Å². The Morgan fingerprint density at radius 3 is 2.52 bits per heavy atom. The second-order valence-corrected chi connectivity index (χ2v) is 5.02. The van der Waals surface area contributed by atoms with Crippen LogP contribution in [0.2, 0.25) is 0 Å². The maximum absolute atomic E-state index is 5.83. The molecule has 0 amide bonds. The van der Waals surface area contributed by atoms with Crippen LogP contribution in [0.5, 0.6) is 5.75 Å². The van der Waals surface area contributed by atoms with Crippen molar-refractivity contribution in [1.29, 1.82) is 0 Å². The summed E-state index contributed by atoms with van der Waals surface area (Å²) in [6, 6.07) is 14.7. The molecule has 0 aromatic heterocycles. The number of hydrogen-bond acceptors (Lipinski definition) is 3. The van der Waals surface area contributed by atoms with Crippen LogP contribution in [0.4, 0.5) is 0 Å². The highest BCUT2D eigenvalue weighted by molar-refractivity contribution is 5.73. The van der Waals surface area contributed by atoms with Gasteiger partial charge in [0.05, 0.1) is 6.61 Å². The molecule has 0 aliphatic rings. The monoisotopic (exact) mass is 285 g/mol. The third kappa shape index (κ3) is 4.06. The van der Waals surface area contributed by atoms with Gasteiger partial charge in [0.15, 0.2) is 0 Å². The minimum Gasteiger partial charge on any atom is -0.491 e. The van der Waals surface area contributed by atoms with E-state index in [0.29, 0.717) is 13.2 Å². The molecule has 0 aliphatic carbocycles. The molecule has 2 aromatic carbocycles. The second kappa shape index (κ2) is 7.81. The highest BCUT2D eigenvalue weighted by Gasteiger charge is 2.08. The van der Waals surface area contributed by atoms with Gasteiger partial charge in [0.2, 0.25) is 0 Å². The van der Waals surface area contributed by atoms with Gasteiger partial charge < -0.3 is 14.8 Å². The zero-order valence-electron chi connectivity index (χ0n) is 13.0. The van der Waals surface area contributed by atoms with Crippen molar-refractivity contribution in [2.75, 3.05) is 27.4 Å². The van der Waals surface area contributed by atoms with Crippen molar-refractivity contribution in [3.05, 3.63) is 53.6 Å². The minimum absolute atomic E-state index is 0.560. The van der Waals surface area contributed by atoms with Crippen molar-refractivity contribution >= 4 is 0 Å². The number of rotatable bonds is 7. The van der Waals surface area contributed by atoms with Gasteiger partial charge in [0.25, 0.3) is 0 Å². The molecule has 0 atom stereocenters. The molecule has 112 valence electrons. The van der Waals surface area contributed by atoms with Gasteiger partial charge in [-0.05, 0) is 36.7 Å². The summed E-state index contributed by atoms with van der Waals surface area (Å²) in [5, 5.41) is 3.18. The van der Waals surface area contributed by atoms with Crippen LogP contribution < -0.4 is 10.1 Å². The largest absolute Gasteiger partial charge is 0.491 e. The first-order valence-corrected chi connectivity index (χ1v) is 7.21. The van der Waals surface area contributed by atoms with Gasteiger partial charge in [-0.2, -0.15) is 0 Å². The summed E-state index contributed by atoms with van der Waals surface area (Å²) in [4.78, 5) is 0. The van der Waals surface area contributed by atoms with Crippen molar-refractivity contribution in [1.82, 2.24) is 5.32 Å². The first kappa shape index (κ1) is 15.5. The van der Waals surface area contributed by atoms with Crippen molar-refractivity contribution in [3.63, 3.8) is 0 Å². The summed E-state index contributed by atoms with van der Waals surface area (Å²) >= 11 is 0. The summed E-state index contributed by atoms with van der Waals surface area (Å²) < 4.78 is 10.9. The third-order valence-corrected chi connectivity index (χ3v) is 3.39. The fraction of sp³-hybridized carbons (Fsp3) is 0.333. The van der Waals surface area contributed by atoms with Crippen LogP contribution in [0.25, 0.3) is 11.1 Å². The number of aryl methyl sites for hydroxylation is 1. The van der Waals surface area contributed by atoms with Gasteiger partial charge in [-0.15, -0.1) is 0 Å². The molecule has 21 heavy (non-hydrogen) atoms. The van der Waals surface area contributed by atoms with Crippen LogP contribution in [0, 0.1) is 6.92 Å². The number of ether oxygens (including phenoxy) is 2. The van der Waals surface area contributed by atoms with Crippen LogP contribution in [0.3, 0.4) is 0 Å². The molecule has 0 fully saturated rings. The van der Waals surface area contributed by atoms with Crippen LogP contribution in [-0.4, -0.2) is 27.4 Å². The second-order valence-electron chi connectivity index (χ2n) is 5.02. The number of benzene rings is 2. The molecule has 0 saturated carbocycles. The Balaban J connectivity index is 2.28. The van der Waals surface area contributed by atoms with Gasteiger partial charge in [0, 0.05) is 19.2 Å². The predicted octanol–water partition coefficient (Wildman–Crippen LogP) is 3.41. The quantitative estimate of drug-likeness (QED) is 0.791. The summed E-state index contributed by atoms with van der Waals surface area (Å²) in [6.45, 7) is 4.17. The molecular weight excluding hydrogens is 262 g/mol. The fourth-order valence-electron chi connectivity index (χ4n) is 2.39. The van der Waals surface area contributed by atoms with E-state index in [1.807, 2.05) is 25.2 Å². The number of methoxy groups -OCH3 is 1. The molecule has 0 bridgehead atoms. The highest BCUT2D eigenvalue weighted by atomic mass is 16.5. The van der Waals surface area contributed by atoms with Crippen molar-refractivity contribution < 1.29 is 9.47 Å². The van der Waals surface area contributed by atoms with E-state index in [1.54, 1.807) is 7.11 Å². The molecule has 2 rings (SSSR count). The topological polar surface area (TPSA) is 30.5 Å². The number of nitrogens with one attached hydrogen (secondary N) is 1. The van der Waals surface area contributed by atoms with E-state index in [-0.39, 0.29) is 0 Å². The van der Waals surface area contributed by atoms with Crippen molar-refractivity contribution in [2.24, 2.45) is 0 Å². The van der Waals surface area contributed by atoms with E-state index in [0.717, 1.165) is 17.9 Å². The highest BCUT2D eigenvalue weighted by Crippen LogP contribution is 2.32. The van der Waals surface area contributed by atoms with Gasteiger partial charge in [-0.25, -0.2) is 0 Å². The average molecular weight is 285 g/mol. The standard InChI is InChI=1S/C18H23NO2/c1-14-12-15(13-19-2)8-9-16(14)17-6-4-5-7-18(17)21-11-10-20-3/h4-9,12,19H,10-11,13H2,1-3H3. The zero-order chi connectivity index (χ0) is 15.1. The molecule has 3 heteroatoms. The molecule has 0 saturated heterocycles. The van der Waals surface area contributed by atoms with Crippen LogP contribution in [0.15, 0.2) is 42.5 Å². The number of hydrogen-bond donors (Lipinski definition) is 1. The van der Waals surface area contributed by atoms with E-state index in [4.69, 9.17) is 9.47 Å². The Bertz CT molecular complexity index is 581. The number of para-hydroxylation sites is 1. The van der Waals surface area contributed by atoms with Gasteiger partial charge in [0.1, 0.15) is 12.4 Å². The van der Waals surface area contributed by atoms with E-state index in [2.05, 4.69) is 36.5 Å². The Morgan fingerprint density at radius 2 is 1.81 bits per heavy atom. The van der Waals surface area contributed by atoms with Crippen LogP contribution in [-0.2, 0) is 11.3 Å². The van der Waals surface area contributed by atoms with Crippen LogP contribution in [0.1, 0.15) is 11.1 Å². The Hall–Kier alpha value is -1.84. The van der Waals surface area contributed by atoms with Crippen molar-refractivity contribution in [2.45, 2.75) is 13.5 Å². The molecule has 0 unspecified atom stereocenters. The van der Waals surface area contributed by atoms with E-state index in [9.17, 15) is 0 Å². The molecule has 1 N–H and O–H groups in total. The lowest BCUT2D eigenvalue weighted by Crippen LogP contribution is -2.06. The average Bonchev–Trinajstić information content (AvgIpc) is 2.49. The molecule has 2 aromatic rings. The van der Waals surface area contributed by atoms with E-state index < -0.39 is 0 Å².